The Kier molecular flexibility index (Phi) is 4.00. The Labute approximate surface area is 124 Å². The first-order valence-electron chi connectivity index (χ1n) is 7.95. The number of nitrogens with zero attached hydrogens (tertiary/aromatic N) is 1. The number of pyridine rings is 1. The van der Waals surface area contributed by atoms with Crippen molar-refractivity contribution >= 4 is 11.6 Å². The second-order valence-electron chi connectivity index (χ2n) is 6.45. The van der Waals surface area contributed by atoms with E-state index < -0.39 is 11.6 Å². The molecule has 3 rings (SSSR count). The van der Waals surface area contributed by atoms with Crippen molar-refractivity contribution < 1.29 is 8.78 Å². The summed E-state index contributed by atoms with van der Waals surface area (Å²) in [6.07, 6.45) is 5.19. The second-order valence-corrected chi connectivity index (χ2v) is 6.45. The molecule has 4 atom stereocenters. The summed E-state index contributed by atoms with van der Waals surface area (Å²) in [5, 5.41) is 5.99. The topological polar surface area (TPSA) is 37.0 Å². The van der Waals surface area contributed by atoms with Crippen LogP contribution in [0, 0.1) is 29.4 Å². The fraction of sp³-hybridized carbons (Fsp3) is 0.688. The van der Waals surface area contributed by atoms with Gasteiger partial charge >= 0.3 is 0 Å². The molecule has 0 aliphatic heterocycles. The van der Waals surface area contributed by atoms with E-state index in [1.807, 2.05) is 6.92 Å². The van der Waals surface area contributed by atoms with Gasteiger partial charge in [-0.1, -0.05) is 6.42 Å². The molecule has 21 heavy (non-hydrogen) atoms. The minimum Gasteiger partial charge on any atom is -0.368 e. The molecule has 2 saturated carbocycles. The molecule has 0 amide bonds. The second kappa shape index (κ2) is 5.78. The van der Waals surface area contributed by atoms with E-state index in [0.717, 1.165) is 17.9 Å². The van der Waals surface area contributed by atoms with Crippen molar-refractivity contribution in [2.75, 3.05) is 17.2 Å². The third-order valence-electron chi connectivity index (χ3n) is 5.07. The number of hydrogen-bond acceptors (Lipinski definition) is 3. The van der Waals surface area contributed by atoms with Gasteiger partial charge in [0.05, 0.1) is 0 Å². The molecule has 2 aliphatic carbocycles. The zero-order valence-corrected chi connectivity index (χ0v) is 12.6. The van der Waals surface area contributed by atoms with Crippen LogP contribution in [0.2, 0.25) is 0 Å². The van der Waals surface area contributed by atoms with E-state index in [1.165, 1.54) is 25.7 Å². The molecule has 5 heteroatoms. The highest BCUT2D eigenvalue weighted by Gasteiger charge is 2.42. The van der Waals surface area contributed by atoms with Gasteiger partial charge in [-0.05, 0) is 50.9 Å². The quantitative estimate of drug-likeness (QED) is 0.861. The minimum atomic E-state index is -0.646. The Bertz CT molecular complexity index is 520. The SMILES string of the molecule is CCNc1nc(NC(C)C2CC3CCC2C3)c(F)cc1F. The summed E-state index contributed by atoms with van der Waals surface area (Å²) >= 11 is 0. The van der Waals surface area contributed by atoms with Crippen LogP contribution in [0.25, 0.3) is 0 Å². The van der Waals surface area contributed by atoms with Crippen LogP contribution in [0.3, 0.4) is 0 Å². The minimum absolute atomic E-state index is 0.113. The van der Waals surface area contributed by atoms with Crippen molar-refractivity contribution in [3.63, 3.8) is 0 Å². The standard InChI is InChI=1S/C16H23F2N3/c1-3-19-15-13(17)8-14(18)16(21-15)20-9(2)12-7-10-4-5-11(12)6-10/h8-12H,3-7H2,1-2H3,(H2,19,20,21). The molecule has 1 aromatic heterocycles. The summed E-state index contributed by atoms with van der Waals surface area (Å²) in [6.45, 7) is 4.50. The van der Waals surface area contributed by atoms with Gasteiger partial charge in [0.15, 0.2) is 23.3 Å². The van der Waals surface area contributed by atoms with Crippen molar-refractivity contribution in [3.05, 3.63) is 17.7 Å². The van der Waals surface area contributed by atoms with Crippen LogP contribution in [0.4, 0.5) is 20.4 Å². The van der Waals surface area contributed by atoms with Crippen molar-refractivity contribution in [2.45, 2.75) is 45.6 Å². The molecule has 116 valence electrons. The summed E-state index contributed by atoms with van der Waals surface area (Å²) in [5.74, 6) is 1.19. The Balaban J connectivity index is 1.73. The van der Waals surface area contributed by atoms with Crippen LogP contribution in [0.5, 0.6) is 0 Å². The third kappa shape index (κ3) is 2.83. The molecule has 2 bridgehead atoms. The van der Waals surface area contributed by atoms with Gasteiger partial charge in [0.2, 0.25) is 0 Å². The maximum absolute atomic E-state index is 13.9. The smallest absolute Gasteiger partial charge is 0.168 e. The molecule has 2 aliphatic rings. The van der Waals surface area contributed by atoms with Crippen LogP contribution in [-0.2, 0) is 0 Å². The van der Waals surface area contributed by atoms with E-state index in [9.17, 15) is 8.78 Å². The van der Waals surface area contributed by atoms with Crippen LogP contribution in [0.1, 0.15) is 39.5 Å². The maximum atomic E-state index is 13.9. The molecule has 1 aromatic rings. The first-order chi connectivity index (χ1) is 10.1. The van der Waals surface area contributed by atoms with E-state index >= 15 is 0 Å². The normalized spacial score (nSPS) is 28.7. The molecular formula is C16H23F2N3. The number of aromatic nitrogens is 1. The Morgan fingerprint density at radius 1 is 1.24 bits per heavy atom. The van der Waals surface area contributed by atoms with Crippen molar-refractivity contribution in [3.8, 4) is 0 Å². The molecule has 0 spiro atoms. The molecule has 0 radical (unpaired) electrons. The molecule has 4 unspecified atom stereocenters. The lowest BCUT2D eigenvalue weighted by atomic mass is 9.84. The van der Waals surface area contributed by atoms with Gasteiger partial charge < -0.3 is 10.6 Å². The Hall–Kier alpha value is -1.39. The molecular weight excluding hydrogens is 272 g/mol. The summed E-state index contributed by atoms with van der Waals surface area (Å²) in [4.78, 5) is 4.06. The number of fused-ring (bicyclic) bond motifs is 2. The summed E-state index contributed by atoms with van der Waals surface area (Å²) in [6, 6.07) is 1.07. The average Bonchev–Trinajstić information content (AvgIpc) is 3.06. The van der Waals surface area contributed by atoms with E-state index in [0.29, 0.717) is 12.5 Å². The van der Waals surface area contributed by atoms with E-state index in [-0.39, 0.29) is 17.7 Å². The fourth-order valence-electron chi connectivity index (χ4n) is 4.09. The monoisotopic (exact) mass is 295 g/mol. The lowest BCUT2D eigenvalue weighted by Crippen LogP contribution is -2.30. The Morgan fingerprint density at radius 2 is 2.00 bits per heavy atom. The number of halogens is 2. The number of hydrogen-bond donors (Lipinski definition) is 2. The van der Waals surface area contributed by atoms with Crippen molar-refractivity contribution in [1.29, 1.82) is 0 Å². The highest BCUT2D eigenvalue weighted by molar-refractivity contribution is 5.48. The number of anilines is 2. The molecule has 1 heterocycles. The van der Waals surface area contributed by atoms with Gasteiger partial charge in [-0.2, -0.15) is 0 Å². The van der Waals surface area contributed by atoms with E-state index in [2.05, 4.69) is 22.5 Å². The predicted molar refractivity (Wildman–Crippen MR) is 80.3 cm³/mol. The molecule has 2 N–H and O–H groups in total. The van der Waals surface area contributed by atoms with Gasteiger partial charge in [0.1, 0.15) is 0 Å². The average molecular weight is 295 g/mol. The number of nitrogens with one attached hydrogen (secondary N) is 2. The zero-order chi connectivity index (χ0) is 15.0. The highest BCUT2D eigenvalue weighted by Crippen LogP contribution is 2.49. The van der Waals surface area contributed by atoms with E-state index in [1.54, 1.807) is 0 Å². The predicted octanol–water partition coefficient (Wildman–Crippen LogP) is 4.03. The van der Waals surface area contributed by atoms with Gasteiger partial charge in [0, 0.05) is 18.7 Å². The van der Waals surface area contributed by atoms with Crippen molar-refractivity contribution in [2.24, 2.45) is 17.8 Å². The highest BCUT2D eigenvalue weighted by atomic mass is 19.1. The summed E-state index contributed by atoms with van der Waals surface area (Å²) in [5.41, 5.74) is 0. The number of rotatable bonds is 5. The first kappa shape index (κ1) is 14.5. The van der Waals surface area contributed by atoms with Gasteiger partial charge in [0.25, 0.3) is 0 Å². The molecule has 0 aromatic carbocycles. The first-order valence-corrected chi connectivity index (χ1v) is 7.95. The van der Waals surface area contributed by atoms with Gasteiger partial charge in [-0.3, -0.25) is 0 Å². The summed E-state index contributed by atoms with van der Waals surface area (Å²) in [7, 11) is 0. The van der Waals surface area contributed by atoms with Crippen LogP contribution >= 0.6 is 0 Å². The molecule has 2 fully saturated rings. The fourth-order valence-corrected chi connectivity index (χ4v) is 4.09. The summed E-state index contributed by atoms with van der Waals surface area (Å²) < 4.78 is 27.5. The van der Waals surface area contributed by atoms with Crippen LogP contribution < -0.4 is 10.6 Å². The molecule has 3 nitrogen and oxygen atoms in total. The van der Waals surface area contributed by atoms with Crippen LogP contribution in [0.15, 0.2) is 6.07 Å². The van der Waals surface area contributed by atoms with E-state index in [4.69, 9.17) is 0 Å². The molecule has 0 saturated heterocycles. The Morgan fingerprint density at radius 3 is 2.62 bits per heavy atom. The third-order valence-corrected chi connectivity index (χ3v) is 5.07. The van der Waals surface area contributed by atoms with Crippen molar-refractivity contribution in [1.82, 2.24) is 4.98 Å². The van der Waals surface area contributed by atoms with Crippen LogP contribution in [-0.4, -0.2) is 17.6 Å². The van der Waals surface area contributed by atoms with Gasteiger partial charge in [-0.15, -0.1) is 0 Å². The maximum Gasteiger partial charge on any atom is 0.168 e. The lowest BCUT2D eigenvalue weighted by molar-refractivity contribution is 0.303. The zero-order valence-electron chi connectivity index (χ0n) is 12.6. The van der Waals surface area contributed by atoms with Gasteiger partial charge in [-0.25, -0.2) is 13.8 Å². The largest absolute Gasteiger partial charge is 0.368 e. The lowest BCUT2D eigenvalue weighted by Gasteiger charge is -2.29.